The van der Waals surface area contributed by atoms with Gasteiger partial charge in [-0.05, 0) is 0 Å². The molecule has 2 aromatic heterocycles. The third-order valence-corrected chi connectivity index (χ3v) is 18.7. The van der Waals surface area contributed by atoms with Crippen molar-refractivity contribution >= 4 is 65.0 Å². The average Bonchev–Trinajstić information content (AvgIpc) is 3.07. The number of hydrogen-bond acceptors (Lipinski definition) is 2. The summed E-state index contributed by atoms with van der Waals surface area (Å²) in [6.45, 7) is 0. The van der Waals surface area contributed by atoms with E-state index in [1.165, 1.54) is 11.1 Å². The Morgan fingerprint density at radius 3 is 1.84 bits per heavy atom. The Labute approximate surface area is 128 Å². The summed E-state index contributed by atoms with van der Waals surface area (Å²) in [6, 6.07) is 15.7. The van der Waals surface area contributed by atoms with Gasteiger partial charge >= 0.3 is 129 Å². The number of rotatable bonds is 1. The van der Waals surface area contributed by atoms with Gasteiger partial charge in [-0.15, -0.1) is 0 Å². The molecule has 0 amide bonds. The van der Waals surface area contributed by atoms with E-state index in [0.717, 1.165) is 0 Å². The summed E-state index contributed by atoms with van der Waals surface area (Å²) in [4.78, 5) is 0. The van der Waals surface area contributed by atoms with Crippen molar-refractivity contribution in [3.8, 4) is 0 Å². The van der Waals surface area contributed by atoms with Crippen LogP contribution in [0.1, 0.15) is 11.1 Å². The molecule has 4 rings (SSSR count). The van der Waals surface area contributed by atoms with E-state index in [2.05, 4.69) is 65.4 Å². The average molecular weight is 476 g/mol. The first-order valence-corrected chi connectivity index (χ1v) is 13.1. The van der Waals surface area contributed by atoms with Gasteiger partial charge in [0.1, 0.15) is 0 Å². The molecule has 0 unspecified atom stereocenters. The minimum atomic E-state index is -2.02. The normalized spacial score (nSPS) is 13.9. The van der Waals surface area contributed by atoms with Crippen LogP contribution < -0.4 is 8.44 Å². The molecule has 92 valence electrons. The van der Waals surface area contributed by atoms with Gasteiger partial charge in [-0.3, -0.25) is 0 Å². The van der Waals surface area contributed by atoms with Gasteiger partial charge in [0, 0.05) is 0 Å². The summed E-state index contributed by atoms with van der Waals surface area (Å²) in [6.07, 6.45) is 4.60. The van der Waals surface area contributed by atoms with Crippen LogP contribution in [0.2, 0.25) is 0 Å². The molecule has 0 nitrogen and oxygen atoms in total. The van der Waals surface area contributed by atoms with Crippen LogP contribution in [0.5, 0.6) is 0 Å². The Hall–Kier alpha value is -0.757. The van der Waals surface area contributed by atoms with E-state index in [1.807, 2.05) is 22.7 Å². The zero-order chi connectivity index (χ0) is 12.7. The summed E-state index contributed by atoms with van der Waals surface area (Å²) in [5.41, 5.74) is 2.91. The zero-order valence-corrected chi connectivity index (χ0v) is 15.2. The zero-order valence-electron chi connectivity index (χ0n) is 10.1. The van der Waals surface area contributed by atoms with Gasteiger partial charge in [0.2, 0.25) is 0 Å². The predicted octanol–water partition coefficient (Wildman–Crippen LogP) is 2.81. The third kappa shape index (κ3) is 2.05. The molecule has 0 N–H and O–H groups in total. The van der Waals surface area contributed by atoms with E-state index in [4.69, 9.17) is 0 Å². The molecule has 3 aromatic rings. The molecule has 0 atom stereocenters. The van der Waals surface area contributed by atoms with E-state index in [-0.39, 0.29) is 0 Å². The van der Waals surface area contributed by atoms with Crippen LogP contribution in [0, 0.1) is 0 Å². The van der Waals surface area contributed by atoms with Gasteiger partial charge in [0.05, 0.1) is 0 Å². The van der Waals surface area contributed by atoms with Crippen molar-refractivity contribution in [3.63, 3.8) is 0 Å². The fraction of sp³-hybridized carbons (Fsp3) is 0. The van der Waals surface area contributed by atoms with Gasteiger partial charge in [0.25, 0.3) is 0 Å². The fourth-order valence-electron chi connectivity index (χ4n) is 2.32. The summed E-state index contributed by atoms with van der Waals surface area (Å²) in [7, 11) is 0. The molecule has 0 radical (unpaired) electrons. The number of thiophene rings is 2. The van der Waals surface area contributed by atoms with Crippen molar-refractivity contribution in [2.24, 2.45) is 0 Å². The second kappa shape index (κ2) is 4.97. The first-order chi connectivity index (χ1) is 9.43. The van der Waals surface area contributed by atoms with Crippen LogP contribution in [0.25, 0.3) is 12.2 Å². The molecule has 19 heavy (non-hydrogen) atoms. The molecule has 3 heteroatoms. The molecular formula is C16H11BiS2. The number of benzene rings is 1. The summed E-state index contributed by atoms with van der Waals surface area (Å²) >= 11 is 1.89. The van der Waals surface area contributed by atoms with E-state index in [0.29, 0.717) is 0 Å². The van der Waals surface area contributed by atoms with Crippen molar-refractivity contribution in [3.05, 3.63) is 64.4 Å². The van der Waals surface area contributed by atoms with Gasteiger partial charge < -0.3 is 0 Å². The molecule has 1 aliphatic heterocycles. The molecule has 1 aliphatic rings. The quantitative estimate of drug-likeness (QED) is 0.371. The van der Waals surface area contributed by atoms with Crippen molar-refractivity contribution in [1.82, 2.24) is 0 Å². The van der Waals surface area contributed by atoms with Crippen LogP contribution in [-0.4, -0.2) is 21.8 Å². The second-order valence-corrected chi connectivity index (χ2v) is 16.8. The standard InChI is InChI=1S/C10H6S2.C6H5.Bi/c1(9-3-5-11-7-9)2-10-4-6-12-8-10;1-2-4-6-5-3-1;/h1-6H;1-5H;. The molecule has 1 aromatic carbocycles. The SMILES string of the molecule is C1=Cc2ccs[c]2[Bi]([c]2ccccc2)[c]2sccc21. The molecule has 0 spiro atoms. The van der Waals surface area contributed by atoms with Gasteiger partial charge in [-0.25, -0.2) is 0 Å². The molecule has 0 bridgehead atoms. The Morgan fingerprint density at radius 1 is 0.684 bits per heavy atom. The molecule has 3 heterocycles. The predicted molar refractivity (Wildman–Crippen MR) is 88.7 cm³/mol. The minimum absolute atomic E-state index is 1.45. The van der Waals surface area contributed by atoms with E-state index in [1.54, 1.807) is 8.44 Å². The second-order valence-electron chi connectivity index (χ2n) is 4.37. The maximum absolute atomic E-state index is 2.33. The summed E-state index contributed by atoms with van der Waals surface area (Å²) in [5, 5.41) is 4.50. The van der Waals surface area contributed by atoms with E-state index < -0.39 is 21.8 Å². The maximum atomic E-state index is 2.33. The first-order valence-electron chi connectivity index (χ1n) is 6.12. The molecule has 0 saturated carbocycles. The Balaban J connectivity index is 1.99. The van der Waals surface area contributed by atoms with Crippen LogP contribution in [-0.2, 0) is 0 Å². The third-order valence-electron chi connectivity index (χ3n) is 3.21. The van der Waals surface area contributed by atoms with Crippen LogP contribution in [0.4, 0.5) is 0 Å². The fourth-order valence-corrected chi connectivity index (χ4v) is 19.1. The van der Waals surface area contributed by atoms with Crippen LogP contribution in [0.15, 0.2) is 53.2 Å². The van der Waals surface area contributed by atoms with Crippen molar-refractivity contribution in [2.45, 2.75) is 0 Å². The Bertz CT molecular complexity index is 693. The van der Waals surface area contributed by atoms with Crippen LogP contribution >= 0.6 is 22.7 Å². The van der Waals surface area contributed by atoms with Crippen molar-refractivity contribution < 1.29 is 0 Å². The molecular weight excluding hydrogens is 465 g/mol. The van der Waals surface area contributed by atoms with Gasteiger partial charge in [-0.1, -0.05) is 0 Å². The summed E-state index contributed by atoms with van der Waals surface area (Å²) < 4.78 is 4.92. The van der Waals surface area contributed by atoms with Crippen molar-refractivity contribution in [1.29, 1.82) is 0 Å². The first kappa shape index (κ1) is 12.0. The van der Waals surface area contributed by atoms with E-state index in [9.17, 15) is 0 Å². The number of fused-ring (bicyclic) bond motifs is 2. The van der Waals surface area contributed by atoms with E-state index >= 15 is 0 Å². The van der Waals surface area contributed by atoms with Gasteiger partial charge in [-0.2, -0.15) is 0 Å². The molecule has 0 aliphatic carbocycles. The molecule has 0 fully saturated rings. The topological polar surface area (TPSA) is 0 Å². The van der Waals surface area contributed by atoms with Crippen LogP contribution in [0.3, 0.4) is 0 Å². The van der Waals surface area contributed by atoms with Gasteiger partial charge in [0.15, 0.2) is 0 Å². The monoisotopic (exact) mass is 476 g/mol. The summed E-state index contributed by atoms with van der Waals surface area (Å²) in [5.74, 6) is 0. The molecule has 0 saturated heterocycles. The Kier molecular flexibility index (Phi) is 3.15. The number of hydrogen-bond donors (Lipinski definition) is 0. The van der Waals surface area contributed by atoms with Crippen molar-refractivity contribution in [2.75, 3.05) is 0 Å². The Morgan fingerprint density at radius 2 is 1.26 bits per heavy atom.